The summed E-state index contributed by atoms with van der Waals surface area (Å²) in [6.45, 7) is 3.47. The lowest BCUT2D eigenvalue weighted by Crippen LogP contribution is -2.30. The lowest BCUT2D eigenvalue weighted by atomic mass is 10.2. The average molecular weight is 414 g/mol. The third-order valence-electron chi connectivity index (χ3n) is 3.78. The van der Waals surface area contributed by atoms with E-state index in [4.69, 9.17) is 9.47 Å². The van der Waals surface area contributed by atoms with Gasteiger partial charge in [0.15, 0.2) is 11.2 Å². The third kappa shape index (κ3) is 5.11. The van der Waals surface area contributed by atoms with Crippen LogP contribution >= 0.6 is 11.3 Å². The van der Waals surface area contributed by atoms with E-state index in [1.165, 1.54) is 19.3 Å². The van der Waals surface area contributed by atoms with E-state index in [1.54, 1.807) is 30.5 Å². The average Bonchev–Trinajstić information content (AvgIpc) is 3.14. The van der Waals surface area contributed by atoms with E-state index in [9.17, 15) is 14.4 Å². The summed E-state index contributed by atoms with van der Waals surface area (Å²) >= 11 is 1.16. The predicted molar refractivity (Wildman–Crippen MR) is 105 cm³/mol. The minimum Gasteiger partial charge on any atom is -0.466 e. The second-order valence-electron chi connectivity index (χ2n) is 5.89. The monoisotopic (exact) mass is 414 g/mol. The van der Waals surface area contributed by atoms with Crippen LogP contribution in [-0.2, 0) is 25.5 Å². The highest BCUT2D eigenvalue weighted by molar-refractivity contribution is 7.13. The fourth-order valence-corrected chi connectivity index (χ4v) is 3.16. The van der Waals surface area contributed by atoms with Gasteiger partial charge >= 0.3 is 11.9 Å². The molecule has 0 aliphatic heterocycles. The van der Waals surface area contributed by atoms with Gasteiger partial charge in [0, 0.05) is 17.8 Å². The minimum atomic E-state index is -1.06. The summed E-state index contributed by atoms with van der Waals surface area (Å²) in [5, 5.41) is 4.52. The number of hydrogen-bond acceptors (Lipinski definition) is 9. The van der Waals surface area contributed by atoms with Crippen LogP contribution in [0, 0.1) is 0 Å². The van der Waals surface area contributed by atoms with Gasteiger partial charge in [0.25, 0.3) is 5.91 Å². The number of para-hydroxylation sites is 1. The molecule has 29 heavy (non-hydrogen) atoms. The van der Waals surface area contributed by atoms with Crippen LogP contribution in [0.4, 0.5) is 5.13 Å². The molecule has 10 heteroatoms. The van der Waals surface area contributed by atoms with Crippen molar-refractivity contribution in [1.29, 1.82) is 0 Å². The van der Waals surface area contributed by atoms with Crippen molar-refractivity contribution < 1.29 is 23.9 Å². The highest BCUT2D eigenvalue weighted by Gasteiger charge is 2.22. The Morgan fingerprint density at radius 1 is 1.21 bits per heavy atom. The fourth-order valence-electron chi connectivity index (χ4n) is 2.45. The van der Waals surface area contributed by atoms with Crippen LogP contribution in [0.2, 0.25) is 0 Å². The van der Waals surface area contributed by atoms with Gasteiger partial charge in [0.05, 0.1) is 29.8 Å². The fraction of sp³-hybridized carbons (Fsp3) is 0.263. The molecule has 2 aromatic heterocycles. The summed E-state index contributed by atoms with van der Waals surface area (Å²) in [4.78, 5) is 48.8. The Morgan fingerprint density at radius 3 is 2.79 bits per heavy atom. The molecule has 0 spiro atoms. The number of nitrogens with one attached hydrogen (secondary N) is 1. The molecule has 3 rings (SSSR count). The van der Waals surface area contributed by atoms with Gasteiger partial charge in [0.1, 0.15) is 5.52 Å². The maximum absolute atomic E-state index is 12.5. The quantitative estimate of drug-likeness (QED) is 0.585. The Morgan fingerprint density at radius 2 is 2.00 bits per heavy atom. The van der Waals surface area contributed by atoms with Crippen molar-refractivity contribution in [2.24, 2.45) is 0 Å². The van der Waals surface area contributed by atoms with Gasteiger partial charge in [-0.1, -0.05) is 6.07 Å². The zero-order valence-corrected chi connectivity index (χ0v) is 16.6. The van der Waals surface area contributed by atoms with Crippen LogP contribution in [-0.4, -0.2) is 45.5 Å². The van der Waals surface area contributed by atoms with Gasteiger partial charge in [0.2, 0.25) is 0 Å². The first kappa shape index (κ1) is 20.3. The van der Waals surface area contributed by atoms with E-state index < -0.39 is 23.9 Å². The highest BCUT2D eigenvalue weighted by atomic mass is 32.1. The number of rotatable bonds is 7. The minimum absolute atomic E-state index is 0.0207. The summed E-state index contributed by atoms with van der Waals surface area (Å²) < 4.78 is 10.1. The normalized spacial score (nSPS) is 11.7. The maximum atomic E-state index is 12.5. The summed E-state index contributed by atoms with van der Waals surface area (Å²) in [6.07, 6.45) is 1.96. The van der Waals surface area contributed by atoms with E-state index in [-0.39, 0.29) is 18.6 Å². The highest BCUT2D eigenvalue weighted by Crippen LogP contribution is 2.18. The molecular weight excluding hydrogens is 396 g/mol. The molecule has 1 unspecified atom stereocenters. The van der Waals surface area contributed by atoms with Crippen LogP contribution in [0.15, 0.2) is 36.0 Å². The second kappa shape index (κ2) is 9.20. The third-order valence-corrected chi connectivity index (χ3v) is 4.59. The van der Waals surface area contributed by atoms with Gasteiger partial charge in [-0.05, 0) is 26.0 Å². The van der Waals surface area contributed by atoms with Crippen LogP contribution in [0.25, 0.3) is 11.0 Å². The van der Waals surface area contributed by atoms with E-state index in [0.29, 0.717) is 21.9 Å². The zero-order valence-electron chi connectivity index (χ0n) is 15.7. The maximum Gasteiger partial charge on any atom is 0.341 e. The largest absolute Gasteiger partial charge is 0.466 e. The van der Waals surface area contributed by atoms with E-state index in [0.717, 1.165) is 11.3 Å². The number of thiazole rings is 1. The number of nitrogens with zero attached hydrogens (tertiary/aromatic N) is 3. The van der Waals surface area contributed by atoms with Crippen molar-refractivity contribution in [3.8, 4) is 0 Å². The van der Waals surface area contributed by atoms with E-state index in [1.807, 2.05) is 0 Å². The standard InChI is InChI=1S/C19H18N4O5S/c1-3-27-15(24)9-12-10-29-19(22-12)23-17(25)11(2)28-18(26)13-5-4-6-14-16(13)21-8-7-20-14/h4-8,10-11H,3,9H2,1-2H3,(H,22,23,25). The lowest BCUT2D eigenvalue weighted by molar-refractivity contribution is -0.142. The Balaban J connectivity index is 1.61. The number of fused-ring (bicyclic) bond motifs is 1. The molecule has 0 aliphatic rings. The molecule has 1 amide bonds. The molecule has 9 nitrogen and oxygen atoms in total. The summed E-state index contributed by atoms with van der Waals surface area (Å²) in [6, 6.07) is 4.96. The molecule has 150 valence electrons. The molecule has 0 radical (unpaired) electrons. The molecular formula is C19H18N4O5S. The predicted octanol–water partition coefficient (Wildman–Crippen LogP) is 2.38. The lowest BCUT2D eigenvalue weighted by Gasteiger charge is -2.13. The first-order valence-corrected chi connectivity index (χ1v) is 9.67. The number of esters is 2. The van der Waals surface area contributed by atoms with Crippen LogP contribution in [0.1, 0.15) is 29.9 Å². The van der Waals surface area contributed by atoms with Crippen molar-refractivity contribution >= 4 is 45.3 Å². The molecule has 0 saturated carbocycles. The molecule has 0 bridgehead atoms. The summed E-state index contributed by atoms with van der Waals surface area (Å²) in [7, 11) is 0. The Kier molecular flexibility index (Phi) is 6.45. The summed E-state index contributed by atoms with van der Waals surface area (Å²) in [5.41, 5.74) is 1.66. The van der Waals surface area contributed by atoms with Gasteiger partial charge in [-0.25, -0.2) is 9.78 Å². The number of hydrogen-bond donors (Lipinski definition) is 1. The van der Waals surface area contributed by atoms with E-state index in [2.05, 4.69) is 20.3 Å². The molecule has 1 atom stereocenters. The number of ether oxygens (including phenoxy) is 2. The number of aromatic nitrogens is 3. The van der Waals surface area contributed by atoms with Crippen molar-refractivity contribution in [3.63, 3.8) is 0 Å². The Hall–Kier alpha value is -3.40. The topological polar surface area (TPSA) is 120 Å². The molecule has 0 fully saturated rings. The number of benzene rings is 1. The second-order valence-corrected chi connectivity index (χ2v) is 6.75. The number of amides is 1. The van der Waals surface area contributed by atoms with Gasteiger partial charge in [-0.15, -0.1) is 11.3 Å². The molecule has 0 saturated heterocycles. The molecule has 1 aromatic carbocycles. The number of carbonyl (C=O) groups excluding carboxylic acids is 3. The van der Waals surface area contributed by atoms with Crippen molar-refractivity contribution in [2.75, 3.05) is 11.9 Å². The number of anilines is 1. The van der Waals surface area contributed by atoms with Gasteiger partial charge < -0.3 is 9.47 Å². The SMILES string of the molecule is CCOC(=O)Cc1csc(NC(=O)C(C)OC(=O)c2cccc3nccnc23)n1. The number of carbonyl (C=O) groups is 3. The molecule has 0 aliphatic carbocycles. The van der Waals surface area contributed by atoms with Gasteiger partial charge in [-0.2, -0.15) is 0 Å². The molecule has 3 aromatic rings. The van der Waals surface area contributed by atoms with Crippen LogP contribution in [0.3, 0.4) is 0 Å². The first-order valence-electron chi connectivity index (χ1n) is 8.79. The van der Waals surface area contributed by atoms with Crippen molar-refractivity contribution in [1.82, 2.24) is 15.0 Å². The molecule has 1 N–H and O–H groups in total. The summed E-state index contributed by atoms with van der Waals surface area (Å²) in [5.74, 6) is -1.61. The van der Waals surface area contributed by atoms with Crippen molar-refractivity contribution in [2.45, 2.75) is 26.4 Å². The zero-order chi connectivity index (χ0) is 20.8. The smallest absolute Gasteiger partial charge is 0.341 e. The first-order chi connectivity index (χ1) is 14.0. The molecule has 2 heterocycles. The Labute approximate surface area is 170 Å². The van der Waals surface area contributed by atoms with Gasteiger partial charge in [-0.3, -0.25) is 24.9 Å². The Bertz CT molecular complexity index is 1050. The van der Waals surface area contributed by atoms with E-state index >= 15 is 0 Å². The van der Waals surface area contributed by atoms with Crippen LogP contribution < -0.4 is 5.32 Å². The van der Waals surface area contributed by atoms with Crippen LogP contribution in [0.5, 0.6) is 0 Å². The van der Waals surface area contributed by atoms with Crippen molar-refractivity contribution in [3.05, 3.63) is 47.2 Å².